The van der Waals surface area contributed by atoms with Crippen molar-refractivity contribution in [2.24, 2.45) is 0 Å². The van der Waals surface area contributed by atoms with E-state index in [1.165, 1.54) is 5.56 Å². The third-order valence-electron chi connectivity index (χ3n) is 4.46. The third-order valence-corrected chi connectivity index (χ3v) is 5.23. The maximum Gasteiger partial charge on any atom is 0.414 e. The van der Waals surface area contributed by atoms with E-state index in [0.29, 0.717) is 6.42 Å². The number of amides is 1. The summed E-state index contributed by atoms with van der Waals surface area (Å²) in [5, 5.41) is 14.8. The molecule has 154 valence electrons. The van der Waals surface area contributed by atoms with Crippen LogP contribution in [0.25, 0.3) is 0 Å². The molecule has 1 saturated heterocycles. The first-order valence-electron chi connectivity index (χ1n) is 9.10. The number of nitrogens with zero attached hydrogens (tertiary/aromatic N) is 2. The van der Waals surface area contributed by atoms with Crippen LogP contribution in [-0.4, -0.2) is 64.0 Å². The highest BCUT2D eigenvalue weighted by molar-refractivity contribution is 9.10. The van der Waals surface area contributed by atoms with Gasteiger partial charge in [0.2, 0.25) is 5.91 Å². The summed E-state index contributed by atoms with van der Waals surface area (Å²) in [7, 11) is 0. The largest absolute Gasteiger partial charge is 0.473 e. The quantitative estimate of drug-likeness (QED) is 0.677. The van der Waals surface area contributed by atoms with Gasteiger partial charge in [0.05, 0.1) is 6.42 Å². The van der Waals surface area contributed by atoms with E-state index in [1.54, 1.807) is 0 Å². The van der Waals surface area contributed by atoms with Crippen molar-refractivity contribution in [1.29, 1.82) is 0 Å². The Morgan fingerprint density at radius 1 is 0.828 bits per heavy atom. The van der Waals surface area contributed by atoms with Gasteiger partial charge in [0.25, 0.3) is 0 Å². The first kappa shape index (κ1) is 22.6. The number of carboxylic acids is 2. The van der Waals surface area contributed by atoms with Gasteiger partial charge in [-0.2, -0.15) is 0 Å². The topological polar surface area (TPSA) is 98.2 Å². The van der Waals surface area contributed by atoms with E-state index < -0.39 is 11.9 Å². The molecular formula is C21H23BrN2O5. The van der Waals surface area contributed by atoms with E-state index in [2.05, 4.69) is 39.0 Å². The van der Waals surface area contributed by atoms with Crippen LogP contribution in [-0.2, 0) is 27.3 Å². The molecule has 1 heterocycles. The summed E-state index contributed by atoms with van der Waals surface area (Å²) in [6, 6.07) is 18.3. The van der Waals surface area contributed by atoms with Gasteiger partial charge < -0.3 is 15.1 Å². The standard InChI is InChI=1S/C19H21BrN2O.C2H2O4/c20-18-9-5-4-8-17(18)15-21-10-12-22(13-11-21)19(23)14-16-6-2-1-3-7-16;3-1(4)2(5)6/h1-9H,10-15H2;(H,3,4)(H,5,6). The fraction of sp³-hybridized carbons (Fsp3) is 0.286. The van der Waals surface area contributed by atoms with Gasteiger partial charge in [0, 0.05) is 37.2 Å². The molecule has 1 amide bonds. The van der Waals surface area contributed by atoms with Crippen molar-refractivity contribution in [3.63, 3.8) is 0 Å². The van der Waals surface area contributed by atoms with Crippen molar-refractivity contribution < 1.29 is 24.6 Å². The fourth-order valence-corrected chi connectivity index (χ4v) is 3.32. The van der Waals surface area contributed by atoms with Gasteiger partial charge in [-0.25, -0.2) is 9.59 Å². The van der Waals surface area contributed by atoms with Gasteiger partial charge in [0.15, 0.2) is 0 Å². The maximum absolute atomic E-state index is 12.4. The molecule has 0 saturated carbocycles. The number of aliphatic carboxylic acids is 2. The van der Waals surface area contributed by atoms with Crippen LogP contribution in [0, 0.1) is 0 Å². The lowest BCUT2D eigenvalue weighted by atomic mass is 10.1. The lowest BCUT2D eigenvalue weighted by Crippen LogP contribution is -2.48. The molecule has 0 radical (unpaired) electrons. The summed E-state index contributed by atoms with van der Waals surface area (Å²) in [5.74, 6) is -3.42. The van der Waals surface area contributed by atoms with E-state index in [4.69, 9.17) is 19.8 Å². The van der Waals surface area contributed by atoms with Gasteiger partial charge in [0.1, 0.15) is 0 Å². The van der Waals surface area contributed by atoms with Gasteiger partial charge >= 0.3 is 11.9 Å². The minimum Gasteiger partial charge on any atom is -0.473 e. The molecule has 8 heteroatoms. The van der Waals surface area contributed by atoms with Crippen LogP contribution in [0.3, 0.4) is 0 Å². The molecule has 0 spiro atoms. The normalized spacial score (nSPS) is 13.9. The number of carbonyl (C=O) groups is 3. The summed E-state index contributed by atoms with van der Waals surface area (Å²) in [5.41, 5.74) is 2.39. The highest BCUT2D eigenvalue weighted by Gasteiger charge is 2.21. The van der Waals surface area contributed by atoms with E-state index in [0.717, 1.165) is 42.8 Å². The maximum atomic E-state index is 12.4. The minimum atomic E-state index is -1.82. The van der Waals surface area contributed by atoms with Crippen LogP contribution in [0.5, 0.6) is 0 Å². The molecule has 0 unspecified atom stereocenters. The molecule has 2 N–H and O–H groups in total. The Kier molecular flexibility index (Phi) is 8.82. The van der Waals surface area contributed by atoms with Crippen LogP contribution >= 0.6 is 15.9 Å². The van der Waals surface area contributed by atoms with Crippen molar-refractivity contribution in [1.82, 2.24) is 9.80 Å². The molecule has 29 heavy (non-hydrogen) atoms. The molecule has 1 aliphatic rings. The second-order valence-electron chi connectivity index (χ2n) is 6.52. The predicted octanol–water partition coefficient (Wildman–Crippen LogP) is 2.49. The SMILES string of the molecule is O=C(Cc1ccccc1)N1CCN(Cc2ccccc2Br)CC1.O=C(O)C(=O)O. The average molecular weight is 463 g/mol. The number of carboxylic acid groups (broad SMARTS) is 2. The second-order valence-corrected chi connectivity index (χ2v) is 7.38. The van der Waals surface area contributed by atoms with Gasteiger partial charge in [-0.05, 0) is 17.2 Å². The predicted molar refractivity (Wildman–Crippen MR) is 111 cm³/mol. The number of halogens is 1. The van der Waals surface area contributed by atoms with Crippen molar-refractivity contribution in [2.75, 3.05) is 26.2 Å². The Hall–Kier alpha value is -2.71. The van der Waals surface area contributed by atoms with E-state index in [9.17, 15) is 4.79 Å². The molecule has 0 bridgehead atoms. The minimum absolute atomic E-state index is 0.233. The number of hydrogen-bond acceptors (Lipinski definition) is 4. The molecular weight excluding hydrogens is 440 g/mol. The number of carbonyl (C=O) groups excluding carboxylic acids is 1. The van der Waals surface area contributed by atoms with Crippen molar-refractivity contribution in [2.45, 2.75) is 13.0 Å². The van der Waals surface area contributed by atoms with Crippen LogP contribution in [0.1, 0.15) is 11.1 Å². The Morgan fingerprint density at radius 3 is 1.93 bits per heavy atom. The van der Waals surface area contributed by atoms with E-state index in [1.807, 2.05) is 41.3 Å². The Morgan fingerprint density at radius 2 is 1.38 bits per heavy atom. The number of rotatable bonds is 4. The lowest BCUT2D eigenvalue weighted by molar-refractivity contribution is -0.159. The Balaban J connectivity index is 0.000000438. The van der Waals surface area contributed by atoms with Gasteiger partial charge in [-0.1, -0.05) is 64.5 Å². The first-order chi connectivity index (χ1) is 13.9. The molecule has 0 aliphatic carbocycles. The summed E-state index contributed by atoms with van der Waals surface area (Å²) in [4.78, 5) is 35.0. The number of benzene rings is 2. The van der Waals surface area contributed by atoms with Gasteiger partial charge in [-0.15, -0.1) is 0 Å². The molecule has 2 aromatic rings. The second kappa shape index (κ2) is 11.3. The van der Waals surface area contributed by atoms with Crippen LogP contribution in [0.15, 0.2) is 59.1 Å². The number of piperazine rings is 1. The molecule has 0 aromatic heterocycles. The molecule has 0 atom stereocenters. The Labute approximate surface area is 177 Å². The average Bonchev–Trinajstić information content (AvgIpc) is 2.71. The van der Waals surface area contributed by atoms with Crippen molar-refractivity contribution in [3.8, 4) is 0 Å². The zero-order chi connectivity index (χ0) is 21.2. The highest BCUT2D eigenvalue weighted by Crippen LogP contribution is 2.18. The summed E-state index contributed by atoms with van der Waals surface area (Å²) in [6.07, 6.45) is 0.505. The molecule has 3 rings (SSSR count). The van der Waals surface area contributed by atoms with Crippen LogP contribution in [0.4, 0.5) is 0 Å². The van der Waals surface area contributed by atoms with Crippen molar-refractivity contribution in [3.05, 3.63) is 70.2 Å². The molecule has 1 fully saturated rings. The monoisotopic (exact) mass is 462 g/mol. The van der Waals surface area contributed by atoms with Crippen LogP contribution < -0.4 is 0 Å². The highest BCUT2D eigenvalue weighted by atomic mass is 79.9. The van der Waals surface area contributed by atoms with Crippen LogP contribution in [0.2, 0.25) is 0 Å². The fourth-order valence-electron chi connectivity index (χ4n) is 2.91. The summed E-state index contributed by atoms with van der Waals surface area (Å²) < 4.78 is 1.16. The summed E-state index contributed by atoms with van der Waals surface area (Å²) in [6.45, 7) is 4.43. The summed E-state index contributed by atoms with van der Waals surface area (Å²) >= 11 is 3.60. The third kappa shape index (κ3) is 7.67. The Bertz CT molecular complexity index is 824. The lowest BCUT2D eigenvalue weighted by Gasteiger charge is -2.35. The van der Waals surface area contributed by atoms with E-state index >= 15 is 0 Å². The first-order valence-corrected chi connectivity index (χ1v) is 9.90. The number of hydrogen-bond donors (Lipinski definition) is 2. The smallest absolute Gasteiger partial charge is 0.414 e. The zero-order valence-electron chi connectivity index (χ0n) is 15.8. The van der Waals surface area contributed by atoms with E-state index in [-0.39, 0.29) is 5.91 Å². The zero-order valence-corrected chi connectivity index (χ0v) is 17.4. The molecule has 1 aliphatic heterocycles. The van der Waals surface area contributed by atoms with Gasteiger partial charge in [-0.3, -0.25) is 9.69 Å². The molecule has 7 nitrogen and oxygen atoms in total. The molecule has 2 aromatic carbocycles. The van der Waals surface area contributed by atoms with Crippen molar-refractivity contribution >= 4 is 33.8 Å².